The van der Waals surface area contributed by atoms with Gasteiger partial charge in [0.2, 0.25) is 0 Å². The van der Waals surface area contributed by atoms with Gasteiger partial charge in [-0.3, -0.25) is 0 Å². The molecule has 0 bridgehead atoms. The van der Waals surface area contributed by atoms with Gasteiger partial charge >= 0.3 is 49.8 Å². The summed E-state index contributed by atoms with van der Waals surface area (Å²) in [5, 5.41) is 0. The van der Waals surface area contributed by atoms with Crippen LogP contribution >= 0.6 is 0 Å². The summed E-state index contributed by atoms with van der Waals surface area (Å²) in [6, 6.07) is 0. The molecule has 0 aromatic heterocycles. The summed E-state index contributed by atoms with van der Waals surface area (Å²) in [5.74, 6) is 0. The van der Waals surface area contributed by atoms with E-state index in [0.717, 1.165) is 0 Å². The molecule has 31 valence electrons. The van der Waals surface area contributed by atoms with E-state index in [9.17, 15) is 0 Å². The van der Waals surface area contributed by atoms with Gasteiger partial charge in [0, 0.05) is 0 Å². The van der Waals surface area contributed by atoms with Crippen LogP contribution in [0.4, 0.5) is 0 Å². The predicted molar refractivity (Wildman–Crippen MR) is 29.1 cm³/mol. The van der Waals surface area contributed by atoms with Crippen LogP contribution in [0.1, 0.15) is 6.42 Å². The molecule has 0 fully saturated rings. The molecule has 1 heterocycles. The maximum atomic E-state index is 2.35. The molecule has 0 saturated carbocycles. The molecule has 0 aliphatic carbocycles. The van der Waals surface area contributed by atoms with Gasteiger partial charge in [0.25, 0.3) is 0 Å². The summed E-state index contributed by atoms with van der Waals surface area (Å²) in [5.41, 5.74) is 0. The van der Waals surface area contributed by atoms with Crippen LogP contribution in [0.15, 0.2) is 12.2 Å². The van der Waals surface area contributed by atoms with Gasteiger partial charge in [-0.05, 0) is 0 Å². The van der Waals surface area contributed by atoms with E-state index in [4.69, 9.17) is 0 Å². The average molecular weight is 183 g/mol. The second kappa shape index (κ2) is 2.73. The Kier molecular flexibility index (Phi) is 2.17. The van der Waals surface area contributed by atoms with Crippen LogP contribution < -0.4 is 0 Å². The normalized spacial score (nSPS) is 20.0. The second-order valence-electron chi connectivity index (χ2n) is 1.57. The molecule has 0 N–H and O–H groups in total. The van der Waals surface area contributed by atoms with Crippen molar-refractivity contribution in [1.82, 2.24) is 0 Å². The Morgan fingerprint density at radius 3 is 2.50 bits per heavy atom. The Labute approximate surface area is 50.0 Å². The van der Waals surface area contributed by atoms with E-state index in [1.165, 1.54) is 10.6 Å². The third-order valence-electron chi connectivity index (χ3n) is 1.01. The van der Waals surface area contributed by atoms with Gasteiger partial charge in [0.1, 0.15) is 0 Å². The zero-order valence-electron chi connectivity index (χ0n) is 3.85. The summed E-state index contributed by atoms with van der Waals surface area (Å²) in [6.07, 6.45) is 6.07. The zero-order chi connectivity index (χ0) is 4.24. The molecular weight excluding hydrogens is 175 g/mol. The first kappa shape index (κ1) is 4.76. The van der Waals surface area contributed by atoms with Crippen LogP contribution in [0.3, 0.4) is 0 Å². The Morgan fingerprint density at radius 1 is 1.33 bits per heavy atom. The van der Waals surface area contributed by atoms with E-state index >= 15 is 0 Å². The molecule has 0 saturated heterocycles. The van der Waals surface area contributed by atoms with Crippen LogP contribution in [-0.2, 0) is 0 Å². The summed E-state index contributed by atoms with van der Waals surface area (Å²) in [6.45, 7) is 0. The monoisotopic (exact) mass is 183 g/mol. The van der Waals surface area contributed by atoms with Crippen molar-refractivity contribution < 1.29 is 0 Å². The molecule has 1 aliphatic heterocycles. The first-order chi connectivity index (χ1) is 3.00. The van der Waals surface area contributed by atoms with Crippen LogP contribution in [0.5, 0.6) is 0 Å². The molecular formula is C5H8In. The van der Waals surface area contributed by atoms with Crippen LogP contribution in [0, 0.1) is 0 Å². The van der Waals surface area contributed by atoms with Gasteiger partial charge in [-0.2, -0.15) is 0 Å². The Bertz CT molecular complexity index is 49.0. The molecule has 0 nitrogen and oxygen atoms in total. The molecule has 1 aliphatic rings. The quantitative estimate of drug-likeness (QED) is 0.499. The number of allylic oxidation sites excluding steroid dienone is 2. The Hall–Kier alpha value is 0.610. The number of rotatable bonds is 0. The van der Waals surface area contributed by atoms with Crippen LogP contribution in [0.2, 0.25) is 8.35 Å². The summed E-state index contributed by atoms with van der Waals surface area (Å²) in [4.78, 5) is 0. The summed E-state index contributed by atoms with van der Waals surface area (Å²) in [7, 11) is 0. The van der Waals surface area contributed by atoms with E-state index in [1.807, 2.05) is 0 Å². The first-order valence-corrected chi connectivity index (χ1v) is 7.13. The van der Waals surface area contributed by atoms with E-state index in [-0.39, 0.29) is 22.9 Å². The van der Waals surface area contributed by atoms with Gasteiger partial charge in [0.15, 0.2) is 0 Å². The first-order valence-electron chi connectivity index (χ1n) is 2.47. The molecule has 0 amide bonds. The van der Waals surface area contributed by atoms with Crippen molar-refractivity contribution in [2.45, 2.75) is 14.8 Å². The fraction of sp³-hybridized carbons (Fsp3) is 0.600. The molecule has 0 atom stereocenters. The summed E-state index contributed by atoms with van der Waals surface area (Å²) >= 11 is 0.0568. The van der Waals surface area contributed by atoms with E-state index in [1.54, 1.807) is 4.18 Å². The van der Waals surface area contributed by atoms with Gasteiger partial charge in [-0.1, -0.05) is 0 Å². The number of hydrogen-bond donors (Lipinski definition) is 0. The van der Waals surface area contributed by atoms with Gasteiger partial charge in [-0.15, -0.1) is 0 Å². The third kappa shape index (κ3) is 1.38. The van der Waals surface area contributed by atoms with E-state index in [2.05, 4.69) is 12.2 Å². The van der Waals surface area contributed by atoms with E-state index < -0.39 is 0 Å². The second-order valence-corrected chi connectivity index (χ2v) is 6.21. The maximum absolute atomic E-state index is 2.35. The van der Waals surface area contributed by atoms with Gasteiger partial charge in [-0.25, -0.2) is 0 Å². The van der Waals surface area contributed by atoms with Crippen LogP contribution in [-0.4, -0.2) is 22.9 Å². The molecule has 6 heavy (non-hydrogen) atoms. The van der Waals surface area contributed by atoms with Crippen LogP contribution in [0.25, 0.3) is 0 Å². The van der Waals surface area contributed by atoms with Gasteiger partial charge < -0.3 is 0 Å². The molecule has 0 unspecified atom stereocenters. The molecule has 1 rings (SSSR count). The third-order valence-corrected chi connectivity index (χ3v) is 4.85. The minimum absolute atomic E-state index is 0.0568. The topological polar surface area (TPSA) is 0 Å². The van der Waals surface area contributed by atoms with Gasteiger partial charge in [0.05, 0.1) is 0 Å². The van der Waals surface area contributed by atoms with Crippen molar-refractivity contribution in [1.29, 1.82) is 0 Å². The predicted octanol–water partition coefficient (Wildman–Crippen LogP) is 1.49. The SMILES string of the molecule is C1=C[CH2][In][CH2]C1. The van der Waals surface area contributed by atoms with Crippen molar-refractivity contribution in [2.24, 2.45) is 0 Å². The van der Waals surface area contributed by atoms with Crippen molar-refractivity contribution in [3.05, 3.63) is 12.2 Å². The zero-order valence-corrected chi connectivity index (χ0v) is 7.15. The fourth-order valence-corrected chi connectivity index (χ4v) is 3.64. The Balaban J connectivity index is 2.26. The average Bonchev–Trinajstić information content (AvgIpc) is 1.72. The number of hydrogen-bond acceptors (Lipinski definition) is 0. The van der Waals surface area contributed by atoms with Crippen molar-refractivity contribution in [3.63, 3.8) is 0 Å². The summed E-state index contributed by atoms with van der Waals surface area (Å²) < 4.78 is 3.11. The molecule has 0 aromatic carbocycles. The van der Waals surface area contributed by atoms with Crippen molar-refractivity contribution >= 4 is 22.9 Å². The fourth-order valence-electron chi connectivity index (χ4n) is 0.642. The van der Waals surface area contributed by atoms with Crippen molar-refractivity contribution in [3.8, 4) is 0 Å². The molecule has 0 spiro atoms. The molecule has 0 aromatic rings. The molecule has 1 heteroatoms. The van der Waals surface area contributed by atoms with Crippen molar-refractivity contribution in [2.75, 3.05) is 0 Å². The minimum atomic E-state index is 0.0568. The Morgan fingerprint density at radius 2 is 2.33 bits per heavy atom. The van der Waals surface area contributed by atoms with E-state index in [0.29, 0.717) is 0 Å². The molecule has 1 radical (unpaired) electrons. The standard InChI is InChI=1S/C5H8.In/c1-3-5-4-2;/h3,5H,1-2,4H2;.